The third kappa shape index (κ3) is 2.30. The summed E-state index contributed by atoms with van der Waals surface area (Å²) in [7, 11) is 9.42. The highest BCUT2D eigenvalue weighted by Gasteiger charge is 2.24. The fraction of sp³-hybridized carbons (Fsp3) is 0.375. The summed E-state index contributed by atoms with van der Waals surface area (Å²) in [5, 5.41) is 1.39. The molecule has 2 aromatic rings. The van der Waals surface area contributed by atoms with Crippen LogP contribution in [0.1, 0.15) is 0 Å². The second-order valence-electron chi connectivity index (χ2n) is 4.38. The highest BCUT2D eigenvalue weighted by molar-refractivity contribution is 6.05. The Morgan fingerprint density at radius 3 is 1.00 bits per heavy atom. The summed E-state index contributed by atoms with van der Waals surface area (Å²) >= 11 is 0. The zero-order chi connectivity index (χ0) is 16.3. The van der Waals surface area contributed by atoms with Gasteiger partial charge in [0.25, 0.3) is 0 Å². The van der Waals surface area contributed by atoms with Crippen molar-refractivity contribution in [2.45, 2.75) is 0 Å². The molecule has 2 aromatic carbocycles. The number of benzene rings is 2. The molecule has 0 aromatic heterocycles. The Bertz CT molecular complexity index is 621. The second kappa shape index (κ2) is 6.51. The number of hydrogen-bond donors (Lipinski definition) is 0. The summed E-state index contributed by atoms with van der Waals surface area (Å²) in [5.41, 5.74) is 0. The molecule has 6 heteroatoms. The maximum absolute atomic E-state index is 5.51. The summed E-state index contributed by atoms with van der Waals surface area (Å²) < 4.78 is 32.8. The van der Waals surface area contributed by atoms with E-state index in [-0.39, 0.29) is 0 Å². The first-order valence-electron chi connectivity index (χ1n) is 6.58. The summed E-state index contributed by atoms with van der Waals surface area (Å²) in [6.07, 6.45) is 0. The van der Waals surface area contributed by atoms with Crippen molar-refractivity contribution in [3.8, 4) is 34.5 Å². The van der Waals surface area contributed by atoms with Gasteiger partial charge in [-0.2, -0.15) is 0 Å². The van der Waals surface area contributed by atoms with Gasteiger partial charge in [-0.3, -0.25) is 0 Å². The first-order valence-corrected chi connectivity index (χ1v) is 6.58. The van der Waals surface area contributed by atoms with E-state index in [1.165, 1.54) is 0 Å². The van der Waals surface area contributed by atoms with E-state index in [0.29, 0.717) is 45.3 Å². The van der Waals surface area contributed by atoms with Crippen LogP contribution in [0, 0.1) is 0 Å². The molecule has 0 saturated heterocycles. The highest BCUT2D eigenvalue weighted by Crippen LogP contribution is 2.52. The van der Waals surface area contributed by atoms with Gasteiger partial charge in [-0.1, -0.05) is 0 Å². The van der Waals surface area contributed by atoms with Gasteiger partial charge in [0, 0.05) is 12.1 Å². The van der Waals surface area contributed by atoms with Gasteiger partial charge in [0.2, 0.25) is 0 Å². The minimum Gasteiger partial charge on any atom is -0.496 e. The molecule has 0 bridgehead atoms. The third-order valence-electron chi connectivity index (χ3n) is 3.46. The molecule has 0 fully saturated rings. The van der Waals surface area contributed by atoms with Crippen molar-refractivity contribution in [1.82, 2.24) is 0 Å². The van der Waals surface area contributed by atoms with Gasteiger partial charge in [-0.15, -0.1) is 0 Å². The van der Waals surface area contributed by atoms with E-state index in [4.69, 9.17) is 28.4 Å². The predicted molar refractivity (Wildman–Crippen MR) is 83.3 cm³/mol. The van der Waals surface area contributed by atoms with E-state index < -0.39 is 0 Å². The summed E-state index contributed by atoms with van der Waals surface area (Å²) in [5.74, 6) is 3.30. The molecule has 6 nitrogen and oxygen atoms in total. The molecule has 0 saturated carbocycles. The average Bonchev–Trinajstić information content (AvgIpc) is 2.58. The Balaban J connectivity index is 3.07. The van der Waals surface area contributed by atoms with Crippen LogP contribution in [0.5, 0.6) is 34.5 Å². The van der Waals surface area contributed by atoms with E-state index >= 15 is 0 Å². The fourth-order valence-electron chi connectivity index (χ4n) is 2.49. The van der Waals surface area contributed by atoms with Crippen LogP contribution in [0.15, 0.2) is 12.1 Å². The summed E-state index contributed by atoms with van der Waals surface area (Å²) in [6.45, 7) is 0. The molecule has 0 spiro atoms. The molecule has 120 valence electrons. The molecule has 0 aliphatic heterocycles. The monoisotopic (exact) mass is 308 g/mol. The smallest absolute Gasteiger partial charge is 0.172 e. The van der Waals surface area contributed by atoms with Crippen molar-refractivity contribution in [3.63, 3.8) is 0 Å². The second-order valence-corrected chi connectivity index (χ2v) is 4.38. The Hall–Kier alpha value is -2.50. The molecular formula is C16H20O6. The molecule has 0 unspecified atom stereocenters. The minimum atomic E-state index is 0.538. The van der Waals surface area contributed by atoms with E-state index in [9.17, 15) is 0 Å². The van der Waals surface area contributed by atoms with Crippen LogP contribution in [-0.2, 0) is 0 Å². The number of hydrogen-bond acceptors (Lipinski definition) is 6. The van der Waals surface area contributed by atoms with E-state index in [1.54, 1.807) is 54.8 Å². The van der Waals surface area contributed by atoms with Crippen molar-refractivity contribution in [2.24, 2.45) is 0 Å². The Labute approximate surface area is 129 Å². The molecule has 0 radical (unpaired) electrons. The third-order valence-corrected chi connectivity index (χ3v) is 3.46. The lowest BCUT2D eigenvalue weighted by Crippen LogP contribution is -2.00. The Morgan fingerprint density at radius 1 is 0.455 bits per heavy atom. The zero-order valence-corrected chi connectivity index (χ0v) is 13.6. The summed E-state index contributed by atoms with van der Waals surface area (Å²) in [4.78, 5) is 0. The lowest BCUT2D eigenvalue weighted by Gasteiger charge is -2.20. The van der Waals surface area contributed by atoms with Crippen molar-refractivity contribution < 1.29 is 28.4 Å². The van der Waals surface area contributed by atoms with Gasteiger partial charge in [0.05, 0.1) is 53.4 Å². The topological polar surface area (TPSA) is 55.4 Å². The van der Waals surface area contributed by atoms with Gasteiger partial charge in [0.15, 0.2) is 23.0 Å². The Morgan fingerprint density at radius 2 is 0.773 bits per heavy atom. The zero-order valence-electron chi connectivity index (χ0n) is 13.6. The molecule has 0 atom stereocenters. The first-order chi connectivity index (χ1) is 10.7. The quantitative estimate of drug-likeness (QED) is 0.818. The molecule has 0 N–H and O–H groups in total. The van der Waals surface area contributed by atoms with Crippen LogP contribution < -0.4 is 28.4 Å². The lowest BCUT2D eigenvalue weighted by molar-refractivity contribution is 0.342. The number of methoxy groups -OCH3 is 6. The fourth-order valence-corrected chi connectivity index (χ4v) is 2.49. The van der Waals surface area contributed by atoms with E-state index in [1.807, 2.05) is 0 Å². The molecule has 0 aliphatic carbocycles. The van der Waals surface area contributed by atoms with Crippen LogP contribution in [-0.4, -0.2) is 42.7 Å². The number of ether oxygens (including phenoxy) is 6. The van der Waals surface area contributed by atoms with Crippen molar-refractivity contribution in [1.29, 1.82) is 0 Å². The molecule has 2 rings (SSSR count). The first kappa shape index (κ1) is 15.9. The highest BCUT2D eigenvalue weighted by atomic mass is 16.5. The van der Waals surface area contributed by atoms with Gasteiger partial charge in [-0.05, 0) is 0 Å². The normalized spacial score (nSPS) is 10.3. The van der Waals surface area contributed by atoms with Crippen LogP contribution in [0.2, 0.25) is 0 Å². The SMILES string of the molecule is COc1cc(OC)c2c(OC)c(OC)cc(OC)c2c1OC. The van der Waals surface area contributed by atoms with Crippen LogP contribution in [0.3, 0.4) is 0 Å². The van der Waals surface area contributed by atoms with Gasteiger partial charge in [0.1, 0.15) is 11.5 Å². The Kier molecular flexibility index (Phi) is 4.70. The maximum atomic E-state index is 5.51. The molecule has 0 amide bonds. The standard InChI is InChI=1S/C16H20O6/c1-17-9-7-11(19-3)16(22-6)14-10(18-2)8-12(20-4)15(21-5)13(9)14/h7-8H,1-6H3. The largest absolute Gasteiger partial charge is 0.496 e. The van der Waals surface area contributed by atoms with Crippen molar-refractivity contribution in [2.75, 3.05) is 42.7 Å². The number of fused-ring (bicyclic) bond motifs is 1. The maximum Gasteiger partial charge on any atom is 0.172 e. The predicted octanol–water partition coefficient (Wildman–Crippen LogP) is 2.89. The van der Waals surface area contributed by atoms with E-state index in [2.05, 4.69) is 0 Å². The van der Waals surface area contributed by atoms with Crippen LogP contribution in [0.25, 0.3) is 10.8 Å². The van der Waals surface area contributed by atoms with Crippen LogP contribution >= 0.6 is 0 Å². The molecule has 0 aliphatic rings. The molecule has 22 heavy (non-hydrogen) atoms. The van der Waals surface area contributed by atoms with Gasteiger partial charge >= 0.3 is 0 Å². The average molecular weight is 308 g/mol. The van der Waals surface area contributed by atoms with Gasteiger partial charge < -0.3 is 28.4 Å². The van der Waals surface area contributed by atoms with Gasteiger partial charge in [-0.25, -0.2) is 0 Å². The van der Waals surface area contributed by atoms with Crippen LogP contribution in [0.4, 0.5) is 0 Å². The minimum absolute atomic E-state index is 0.538. The number of rotatable bonds is 6. The molecular weight excluding hydrogens is 288 g/mol. The van der Waals surface area contributed by atoms with Crippen molar-refractivity contribution >= 4 is 10.8 Å². The lowest BCUT2D eigenvalue weighted by atomic mass is 10.0. The van der Waals surface area contributed by atoms with Crippen molar-refractivity contribution in [3.05, 3.63) is 12.1 Å². The van der Waals surface area contributed by atoms with E-state index in [0.717, 1.165) is 0 Å². The molecule has 0 heterocycles. The summed E-state index contributed by atoms with van der Waals surface area (Å²) in [6, 6.07) is 3.48.